The second-order valence-corrected chi connectivity index (χ2v) is 5.07. The zero-order chi connectivity index (χ0) is 14.8. The van der Waals surface area contributed by atoms with Crippen LogP contribution in [0.2, 0.25) is 5.15 Å². The zero-order valence-electron chi connectivity index (χ0n) is 9.91. The third kappa shape index (κ3) is 3.94. The summed E-state index contributed by atoms with van der Waals surface area (Å²) in [5.74, 6) is 0.434. The number of nitrogen functional groups attached to an aromatic ring is 1. The molecule has 0 saturated carbocycles. The Morgan fingerprint density at radius 3 is 2.65 bits per heavy atom. The van der Waals surface area contributed by atoms with Crippen LogP contribution in [-0.2, 0) is 12.6 Å². The van der Waals surface area contributed by atoms with Crippen LogP contribution in [0.1, 0.15) is 10.7 Å². The molecular formula is C10H9ClF3N5S. The van der Waals surface area contributed by atoms with Crippen molar-refractivity contribution >= 4 is 34.7 Å². The Morgan fingerprint density at radius 1 is 1.30 bits per heavy atom. The topological polar surface area (TPSA) is 76.7 Å². The smallest absolute Gasteiger partial charge is 0.369 e. The molecule has 108 valence electrons. The largest absolute Gasteiger partial charge is 0.434 e. The predicted molar refractivity (Wildman–Crippen MR) is 70.8 cm³/mol. The van der Waals surface area contributed by atoms with E-state index in [2.05, 4.69) is 20.3 Å². The zero-order valence-corrected chi connectivity index (χ0v) is 11.5. The van der Waals surface area contributed by atoms with Gasteiger partial charge in [0.25, 0.3) is 0 Å². The summed E-state index contributed by atoms with van der Waals surface area (Å²) < 4.78 is 37.1. The minimum Gasteiger partial charge on any atom is -0.369 e. The molecule has 10 heteroatoms. The summed E-state index contributed by atoms with van der Waals surface area (Å²) in [6.07, 6.45) is -4.07. The van der Waals surface area contributed by atoms with Gasteiger partial charge in [-0.15, -0.1) is 11.3 Å². The number of anilines is 2. The van der Waals surface area contributed by atoms with Gasteiger partial charge in [0.15, 0.2) is 5.69 Å². The molecule has 0 spiro atoms. The fourth-order valence-electron chi connectivity index (χ4n) is 1.38. The number of alkyl halides is 3. The van der Waals surface area contributed by atoms with E-state index in [9.17, 15) is 13.2 Å². The highest BCUT2D eigenvalue weighted by Crippen LogP contribution is 2.30. The second-order valence-electron chi connectivity index (χ2n) is 3.74. The molecule has 0 aliphatic rings. The molecule has 0 aliphatic carbocycles. The molecule has 0 amide bonds. The molecule has 0 unspecified atom stereocenters. The molecule has 2 aromatic heterocycles. The van der Waals surface area contributed by atoms with E-state index < -0.39 is 11.9 Å². The molecule has 2 heterocycles. The van der Waals surface area contributed by atoms with Gasteiger partial charge in [-0.25, -0.2) is 9.97 Å². The fourth-order valence-corrected chi connectivity index (χ4v) is 2.37. The van der Waals surface area contributed by atoms with E-state index in [1.54, 1.807) is 0 Å². The number of nitrogens with one attached hydrogen (secondary N) is 1. The highest BCUT2D eigenvalue weighted by molar-refractivity contribution is 7.09. The molecule has 0 atom stereocenters. The fraction of sp³-hybridized carbons (Fsp3) is 0.300. The summed E-state index contributed by atoms with van der Waals surface area (Å²) in [5, 5.41) is 4.46. The average Bonchev–Trinajstić information content (AvgIpc) is 2.76. The molecule has 0 aromatic carbocycles. The lowest BCUT2D eigenvalue weighted by Gasteiger charge is -2.05. The Labute approximate surface area is 121 Å². The summed E-state index contributed by atoms with van der Waals surface area (Å²) in [6.45, 7) is 0.359. The number of hydrogen-bond acceptors (Lipinski definition) is 6. The lowest BCUT2D eigenvalue weighted by atomic mass is 10.4. The maximum Gasteiger partial charge on any atom is 0.434 e. The van der Waals surface area contributed by atoms with Crippen molar-refractivity contribution in [2.24, 2.45) is 0 Å². The first-order valence-electron chi connectivity index (χ1n) is 5.40. The third-order valence-corrected chi connectivity index (χ3v) is 3.30. The standard InChI is InChI=1S/C10H9ClF3N5S/c11-6-3-7(19-9(15)18-6)16-2-1-8-17-5(4-20-8)10(12,13)14/h3-4H,1-2H2,(H3,15,16,18,19). The van der Waals surface area contributed by atoms with Crippen molar-refractivity contribution in [3.8, 4) is 0 Å². The van der Waals surface area contributed by atoms with E-state index in [0.717, 1.165) is 16.7 Å². The summed E-state index contributed by atoms with van der Waals surface area (Å²) >= 11 is 6.66. The van der Waals surface area contributed by atoms with E-state index in [0.29, 0.717) is 23.8 Å². The van der Waals surface area contributed by atoms with Crippen molar-refractivity contribution in [3.05, 3.63) is 27.3 Å². The quantitative estimate of drug-likeness (QED) is 0.846. The van der Waals surface area contributed by atoms with Crippen LogP contribution in [0.25, 0.3) is 0 Å². The van der Waals surface area contributed by atoms with Crippen LogP contribution in [0.5, 0.6) is 0 Å². The van der Waals surface area contributed by atoms with E-state index in [4.69, 9.17) is 17.3 Å². The van der Waals surface area contributed by atoms with Gasteiger partial charge in [0.05, 0.1) is 5.01 Å². The van der Waals surface area contributed by atoms with Crippen molar-refractivity contribution in [1.29, 1.82) is 0 Å². The summed E-state index contributed by atoms with van der Waals surface area (Å²) in [7, 11) is 0. The number of aromatic nitrogens is 3. The predicted octanol–water partition coefficient (Wildman–Crippen LogP) is 2.84. The first-order chi connectivity index (χ1) is 9.34. The van der Waals surface area contributed by atoms with Crippen molar-refractivity contribution in [2.75, 3.05) is 17.6 Å². The molecular weight excluding hydrogens is 315 g/mol. The number of halogens is 4. The van der Waals surface area contributed by atoms with E-state index in [1.165, 1.54) is 6.07 Å². The van der Waals surface area contributed by atoms with Gasteiger partial charge in [-0.3, -0.25) is 0 Å². The molecule has 0 bridgehead atoms. The average molecular weight is 324 g/mol. The van der Waals surface area contributed by atoms with Gasteiger partial charge < -0.3 is 11.1 Å². The molecule has 3 N–H and O–H groups in total. The maximum atomic E-state index is 12.4. The van der Waals surface area contributed by atoms with Crippen LogP contribution >= 0.6 is 22.9 Å². The minimum atomic E-state index is -4.41. The minimum absolute atomic E-state index is 0.0219. The Hall–Kier alpha value is -1.61. The lowest BCUT2D eigenvalue weighted by molar-refractivity contribution is -0.140. The van der Waals surface area contributed by atoms with Gasteiger partial charge in [0.2, 0.25) is 5.95 Å². The van der Waals surface area contributed by atoms with Gasteiger partial charge >= 0.3 is 6.18 Å². The van der Waals surface area contributed by atoms with Crippen LogP contribution in [-0.4, -0.2) is 21.5 Å². The van der Waals surface area contributed by atoms with Crippen LogP contribution in [0.4, 0.5) is 24.9 Å². The maximum absolute atomic E-state index is 12.4. The summed E-state index contributed by atoms with van der Waals surface area (Å²) in [6, 6.07) is 1.47. The van der Waals surface area contributed by atoms with E-state index in [-0.39, 0.29) is 11.1 Å². The van der Waals surface area contributed by atoms with Crippen molar-refractivity contribution < 1.29 is 13.2 Å². The highest BCUT2D eigenvalue weighted by atomic mass is 35.5. The number of hydrogen-bond donors (Lipinski definition) is 2. The first-order valence-corrected chi connectivity index (χ1v) is 6.66. The van der Waals surface area contributed by atoms with Crippen LogP contribution < -0.4 is 11.1 Å². The van der Waals surface area contributed by atoms with E-state index >= 15 is 0 Å². The highest BCUT2D eigenvalue weighted by Gasteiger charge is 2.33. The third-order valence-electron chi connectivity index (χ3n) is 2.20. The molecule has 0 fully saturated rings. The van der Waals surface area contributed by atoms with Gasteiger partial charge in [-0.05, 0) is 0 Å². The molecule has 20 heavy (non-hydrogen) atoms. The van der Waals surface area contributed by atoms with Crippen LogP contribution in [0.15, 0.2) is 11.4 Å². The van der Waals surface area contributed by atoms with Gasteiger partial charge in [-0.1, -0.05) is 11.6 Å². The van der Waals surface area contributed by atoms with Crippen LogP contribution in [0.3, 0.4) is 0 Å². The Morgan fingerprint density at radius 2 is 2.05 bits per heavy atom. The normalized spacial score (nSPS) is 11.6. The van der Waals surface area contributed by atoms with Crippen LogP contribution in [0, 0.1) is 0 Å². The second kappa shape index (κ2) is 5.80. The molecule has 0 aliphatic heterocycles. The Kier molecular flexibility index (Phi) is 4.29. The molecule has 0 radical (unpaired) electrons. The summed E-state index contributed by atoms with van der Waals surface area (Å²) in [4.78, 5) is 11.1. The van der Waals surface area contributed by atoms with Gasteiger partial charge in [0.1, 0.15) is 11.0 Å². The Bertz CT molecular complexity index is 581. The van der Waals surface area contributed by atoms with Crippen molar-refractivity contribution in [1.82, 2.24) is 15.0 Å². The number of rotatable bonds is 4. The van der Waals surface area contributed by atoms with Gasteiger partial charge in [-0.2, -0.15) is 18.2 Å². The molecule has 0 saturated heterocycles. The Balaban J connectivity index is 1.91. The number of nitrogens with zero attached hydrogens (tertiary/aromatic N) is 3. The summed E-state index contributed by atoms with van der Waals surface area (Å²) in [5.41, 5.74) is 4.54. The lowest BCUT2D eigenvalue weighted by Crippen LogP contribution is -2.09. The number of nitrogens with two attached hydrogens (primary N) is 1. The molecule has 2 rings (SSSR count). The van der Waals surface area contributed by atoms with Gasteiger partial charge in [0, 0.05) is 24.4 Å². The monoisotopic (exact) mass is 323 g/mol. The number of thiazole rings is 1. The molecule has 5 nitrogen and oxygen atoms in total. The SMILES string of the molecule is Nc1nc(Cl)cc(NCCc2nc(C(F)(F)F)cs2)n1. The first kappa shape index (κ1) is 14.8. The van der Waals surface area contributed by atoms with E-state index in [1.807, 2.05) is 0 Å². The molecule has 2 aromatic rings. The van der Waals surface area contributed by atoms with Crippen molar-refractivity contribution in [3.63, 3.8) is 0 Å². The van der Waals surface area contributed by atoms with Crippen molar-refractivity contribution in [2.45, 2.75) is 12.6 Å².